The average Bonchev–Trinajstić information content (AvgIpc) is 2.33. The quantitative estimate of drug-likeness (QED) is 0.867. The first-order chi connectivity index (χ1) is 8.19. The molecule has 1 atom stereocenters. The number of thioether (sulfide) groups is 1. The molecule has 1 aliphatic rings. The molecule has 1 heterocycles. The molecule has 0 aliphatic carbocycles. The summed E-state index contributed by atoms with van der Waals surface area (Å²) in [6, 6.07) is 6.10. The van der Waals surface area contributed by atoms with E-state index in [0.717, 1.165) is 22.0 Å². The first-order valence-electron chi connectivity index (χ1n) is 6.07. The molecule has 0 aromatic heterocycles. The van der Waals surface area contributed by atoms with Crippen molar-refractivity contribution in [1.82, 2.24) is 4.90 Å². The van der Waals surface area contributed by atoms with E-state index in [0.29, 0.717) is 0 Å². The van der Waals surface area contributed by atoms with Crippen LogP contribution in [0.3, 0.4) is 0 Å². The molecular formula is C13H19BrN2S. The van der Waals surface area contributed by atoms with Crippen molar-refractivity contribution in [2.45, 2.75) is 25.1 Å². The van der Waals surface area contributed by atoms with E-state index >= 15 is 0 Å². The highest BCUT2D eigenvalue weighted by Crippen LogP contribution is 2.25. The van der Waals surface area contributed by atoms with Gasteiger partial charge in [0.05, 0.1) is 0 Å². The van der Waals surface area contributed by atoms with Crippen molar-refractivity contribution in [3.63, 3.8) is 0 Å². The summed E-state index contributed by atoms with van der Waals surface area (Å²) in [5, 5.41) is 0.802. The molecule has 2 nitrogen and oxygen atoms in total. The Balaban J connectivity index is 2.00. The molecule has 4 heteroatoms. The summed E-state index contributed by atoms with van der Waals surface area (Å²) >= 11 is 5.70. The molecule has 0 bridgehead atoms. The zero-order valence-corrected chi connectivity index (χ0v) is 12.6. The molecule has 1 fully saturated rings. The van der Waals surface area contributed by atoms with E-state index in [-0.39, 0.29) is 0 Å². The van der Waals surface area contributed by atoms with Crippen LogP contribution in [-0.4, -0.2) is 29.0 Å². The maximum absolute atomic E-state index is 5.76. The molecule has 1 aromatic carbocycles. The predicted octanol–water partition coefficient (Wildman–Crippen LogP) is 3.36. The van der Waals surface area contributed by atoms with E-state index in [1.54, 1.807) is 0 Å². The molecule has 1 aliphatic heterocycles. The van der Waals surface area contributed by atoms with Crippen molar-refractivity contribution in [3.8, 4) is 0 Å². The summed E-state index contributed by atoms with van der Waals surface area (Å²) in [6.07, 6.45) is 1.27. The highest BCUT2D eigenvalue weighted by Gasteiger charge is 2.19. The van der Waals surface area contributed by atoms with E-state index < -0.39 is 0 Å². The Hall–Kier alpha value is -0.190. The third-order valence-corrected chi connectivity index (χ3v) is 5.26. The van der Waals surface area contributed by atoms with Crippen LogP contribution >= 0.6 is 27.7 Å². The van der Waals surface area contributed by atoms with Gasteiger partial charge in [-0.15, -0.1) is 0 Å². The number of nitrogens with zero attached hydrogens (tertiary/aromatic N) is 1. The van der Waals surface area contributed by atoms with Crippen molar-refractivity contribution >= 4 is 33.4 Å². The zero-order chi connectivity index (χ0) is 12.3. The summed E-state index contributed by atoms with van der Waals surface area (Å²) < 4.78 is 1.13. The Morgan fingerprint density at radius 1 is 1.53 bits per heavy atom. The van der Waals surface area contributed by atoms with Gasteiger partial charge in [0.25, 0.3) is 0 Å². The number of halogens is 1. The fourth-order valence-corrected chi connectivity index (χ4v) is 3.87. The van der Waals surface area contributed by atoms with Crippen LogP contribution < -0.4 is 5.73 Å². The van der Waals surface area contributed by atoms with Gasteiger partial charge >= 0.3 is 0 Å². The summed E-state index contributed by atoms with van der Waals surface area (Å²) in [5.74, 6) is 1.26. The Morgan fingerprint density at radius 3 is 3.06 bits per heavy atom. The van der Waals surface area contributed by atoms with Crippen LogP contribution in [0.2, 0.25) is 0 Å². The van der Waals surface area contributed by atoms with Crippen LogP contribution in [0.1, 0.15) is 18.9 Å². The lowest BCUT2D eigenvalue weighted by Gasteiger charge is -2.32. The fraction of sp³-hybridized carbons (Fsp3) is 0.538. The first-order valence-corrected chi connectivity index (χ1v) is 7.91. The van der Waals surface area contributed by atoms with Gasteiger partial charge in [-0.25, -0.2) is 0 Å². The Bertz CT molecular complexity index is 384. The van der Waals surface area contributed by atoms with Crippen LogP contribution in [0, 0.1) is 0 Å². The van der Waals surface area contributed by atoms with Gasteiger partial charge in [-0.05, 0) is 24.1 Å². The van der Waals surface area contributed by atoms with Crippen molar-refractivity contribution < 1.29 is 0 Å². The van der Waals surface area contributed by atoms with Crippen LogP contribution in [0.5, 0.6) is 0 Å². The van der Waals surface area contributed by atoms with Gasteiger partial charge in [0.15, 0.2) is 0 Å². The number of benzene rings is 1. The number of nitrogen functional groups attached to an aromatic ring is 1. The van der Waals surface area contributed by atoms with Gasteiger partial charge in [0.2, 0.25) is 0 Å². The maximum Gasteiger partial charge on any atom is 0.0325 e. The van der Waals surface area contributed by atoms with Gasteiger partial charge in [-0.3, -0.25) is 4.90 Å². The molecule has 0 radical (unpaired) electrons. The SMILES string of the molecule is CCC1CN(Cc2ccc(N)cc2Br)CCS1. The van der Waals surface area contributed by atoms with Crippen LogP contribution in [-0.2, 0) is 6.54 Å². The van der Waals surface area contributed by atoms with Crippen molar-refractivity contribution in [2.24, 2.45) is 0 Å². The summed E-state index contributed by atoms with van der Waals surface area (Å²) in [7, 11) is 0. The second-order valence-corrected chi connectivity index (χ2v) is 6.75. The highest BCUT2D eigenvalue weighted by molar-refractivity contribution is 9.10. The molecule has 1 aromatic rings. The zero-order valence-electron chi connectivity index (χ0n) is 10.2. The number of rotatable bonds is 3. The molecule has 1 saturated heterocycles. The molecule has 0 amide bonds. The van der Waals surface area contributed by atoms with Crippen LogP contribution in [0.4, 0.5) is 5.69 Å². The van der Waals surface area contributed by atoms with Crippen molar-refractivity contribution in [2.75, 3.05) is 24.6 Å². The second-order valence-electron chi connectivity index (χ2n) is 4.49. The first kappa shape index (κ1) is 13.2. The monoisotopic (exact) mass is 314 g/mol. The lowest BCUT2D eigenvalue weighted by atomic mass is 10.2. The van der Waals surface area contributed by atoms with Crippen molar-refractivity contribution in [1.29, 1.82) is 0 Å². The fourth-order valence-electron chi connectivity index (χ4n) is 2.10. The minimum Gasteiger partial charge on any atom is -0.399 e. The van der Waals surface area contributed by atoms with E-state index in [1.807, 2.05) is 12.1 Å². The van der Waals surface area contributed by atoms with Gasteiger partial charge in [-0.1, -0.05) is 28.9 Å². The summed E-state index contributed by atoms with van der Waals surface area (Å²) in [5.41, 5.74) is 7.91. The predicted molar refractivity (Wildman–Crippen MR) is 80.4 cm³/mol. The third-order valence-electron chi connectivity index (χ3n) is 3.15. The largest absolute Gasteiger partial charge is 0.399 e. The van der Waals surface area contributed by atoms with Crippen LogP contribution in [0.15, 0.2) is 22.7 Å². The number of nitrogens with two attached hydrogens (primary N) is 1. The highest BCUT2D eigenvalue weighted by atomic mass is 79.9. The average molecular weight is 315 g/mol. The van der Waals surface area contributed by atoms with E-state index in [1.165, 1.54) is 30.8 Å². The maximum atomic E-state index is 5.76. The van der Waals surface area contributed by atoms with E-state index in [4.69, 9.17) is 5.73 Å². The standard InChI is InChI=1S/C13H19BrN2S/c1-2-12-9-16(5-6-17-12)8-10-3-4-11(15)7-13(10)14/h3-4,7,12H,2,5-6,8-9,15H2,1H3. The molecule has 94 valence electrons. The topological polar surface area (TPSA) is 29.3 Å². The Kier molecular flexibility index (Phi) is 4.77. The van der Waals surface area contributed by atoms with Crippen LogP contribution in [0.25, 0.3) is 0 Å². The lowest BCUT2D eigenvalue weighted by molar-refractivity contribution is 0.273. The molecule has 0 saturated carbocycles. The number of hydrogen-bond donors (Lipinski definition) is 1. The molecule has 1 unspecified atom stereocenters. The second kappa shape index (κ2) is 6.12. The van der Waals surface area contributed by atoms with E-state index in [2.05, 4.69) is 45.6 Å². The smallest absolute Gasteiger partial charge is 0.0325 e. The number of anilines is 1. The Labute approximate surface area is 116 Å². The Morgan fingerprint density at radius 2 is 2.35 bits per heavy atom. The van der Waals surface area contributed by atoms with Gasteiger partial charge in [0.1, 0.15) is 0 Å². The van der Waals surface area contributed by atoms with Gasteiger partial charge in [0, 0.05) is 40.8 Å². The minimum atomic E-state index is 0.802. The third kappa shape index (κ3) is 3.63. The van der Waals surface area contributed by atoms with Gasteiger partial charge < -0.3 is 5.73 Å². The van der Waals surface area contributed by atoms with E-state index in [9.17, 15) is 0 Å². The van der Waals surface area contributed by atoms with Crippen molar-refractivity contribution in [3.05, 3.63) is 28.2 Å². The molecule has 0 spiro atoms. The molecule has 2 N–H and O–H groups in total. The minimum absolute atomic E-state index is 0.802. The summed E-state index contributed by atoms with van der Waals surface area (Å²) in [6.45, 7) is 5.70. The lowest BCUT2D eigenvalue weighted by Crippen LogP contribution is -2.37. The molecular weight excluding hydrogens is 296 g/mol. The molecule has 2 rings (SSSR count). The van der Waals surface area contributed by atoms with Gasteiger partial charge in [-0.2, -0.15) is 11.8 Å². The molecule has 17 heavy (non-hydrogen) atoms. The normalized spacial score (nSPS) is 21.6. The number of hydrogen-bond acceptors (Lipinski definition) is 3. The summed E-state index contributed by atoms with van der Waals surface area (Å²) in [4.78, 5) is 2.54.